The van der Waals surface area contributed by atoms with E-state index in [2.05, 4.69) is 11.9 Å². The Labute approximate surface area is 235 Å². The highest BCUT2D eigenvalue weighted by Gasteiger charge is 2.38. The number of fused-ring (bicyclic) bond motifs is 1. The number of likely N-dealkylation sites (tertiary alicyclic amines) is 1. The Morgan fingerprint density at radius 2 is 1.98 bits per heavy atom. The first-order valence-corrected chi connectivity index (χ1v) is 12.9. The number of halogens is 1. The summed E-state index contributed by atoms with van der Waals surface area (Å²) in [5.41, 5.74) is 5.91. The van der Waals surface area contributed by atoms with Crippen LogP contribution in [0.3, 0.4) is 0 Å². The summed E-state index contributed by atoms with van der Waals surface area (Å²) in [4.78, 5) is 63.3. The van der Waals surface area contributed by atoms with E-state index in [9.17, 15) is 28.4 Å². The van der Waals surface area contributed by atoms with Crippen LogP contribution in [0, 0.1) is 5.82 Å². The first kappa shape index (κ1) is 32.1. The van der Waals surface area contributed by atoms with E-state index in [1.807, 2.05) is 0 Å². The molecule has 4 N–H and O–H groups in total. The van der Waals surface area contributed by atoms with E-state index < -0.39 is 41.7 Å². The number of hydrogen-bond acceptors (Lipinski definition) is 6. The van der Waals surface area contributed by atoms with Gasteiger partial charge < -0.3 is 30.7 Å². The molecule has 224 valence electrons. The summed E-state index contributed by atoms with van der Waals surface area (Å²) in [6, 6.07) is 2.92. The Morgan fingerprint density at radius 1 is 1.30 bits per heavy atom. The van der Waals surface area contributed by atoms with E-state index in [4.69, 9.17) is 15.6 Å². The quantitative estimate of drug-likeness (QED) is 0.427. The number of nitrogens with one attached hydrogen (secondary N) is 1. The molecule has 0 aromatic heterocycles. The monoisotopic (exact) mass is 567 g/mol. The van der Waals surface area contributed by atoms with E-state index in [1.165, 1.54) is 20.8 Å². The number of nitrogens with two attached hydrogens (primary N) is 1. The highest BCUT2D eigenvalue weighted by molar-refractivity contribution is 5.92. The van der Waals surface area contributed by atoms with Gasteiger partial charge in [-0.2, -0.15) is 0 Å². The molecule has 2 aliphatic rings. The summed E-state index contributed by atoms with van der Waals surface area (Å²) < 4.78 is 18.3. The number of rotatable bonds is 7. The number of carboxylic acid groups (broad SMARTS) is 1. The largest absolute Gasteiger partial charge is 0.465 e. The number of alkyl carbamates (subject to hydrolysis) is 1. The lowest BCUT2D eigenvalue weighted by molar-refractivity contribution is -0.140. The standard InChI is InChI=1S/C18H30N4O5.C9H8FNO2.2H2/c1-6-14(23)21(7-2)11-12(20-17(26)27-18(3,4)5)16(25)22-10-8-9-13(22)15(19)24;10-8-3-1-2-6-4-11(9(12)13)5-7(6)8;;/h6,12-13H,1,7-11H2,2-5H3,(H2,19,24)(H,20,26);1-3H,4-5H2,(H,12,13);2*1H/t12-,13?;;;/m0.../s1. The lowest BCUT2D eigenvalue weighted by atomic mass is 10.1. The van der Waals surface area contributed by atoms with E-state index >= 15 is 0 Å². The predicted octanol–water partition coefficient (Wildman–Crippen LogP) is 2.70. The van der Waals surface area contributed by atoms with Crippen molar-refractivity contribution in [3.05, 3.63) is 47.8 Å². The van der Waals surface area contributed by atoms with Crippen molar-refractivity contribution in [1.82, 2.24) is 20.0 Å². The molecule has 0 spiro atoms. The van der Waals surface area contributed by atoms with Crippen LogP contribution in [0.5, 0.6) is 0 Å². The lowest BCUT2D eigenvalue weighted by Crippen LogP contribution is -2.57. The second-order valence-electron chi connectivity index (χ2n) is 10.4. The van der Waals surface area contributed by atoms with Gasteiger partial charge in [0, 0.05) is 28.1 Å². The fraction of sp³-hybridized carbons (Fsp3) is 0.519. The predicted molar refractivity (Wildman–Crippen MR) is 147 cm³/mol. The molecular formula is C27H42FN5O7. The second-order valence-corrected chi connectivity index (χ2v) is 10.4. The highest BCUT2D eigenvalue weighted by atomic mass is 19.1. The Morgan fingerprint density at radius 3 is 2.50 bits per heavy atom. The Kier molecular flexibility index (Phi) is 11.0. The Bertz CT molecular complexity index is 1150. The van der Waals surface area contributed by atoms with Crippen molar-refractivity contribution in [2.45, 2.75) is 71.3 Å². The topological polar surface area (TPSA) is 163 Å². The molecule has 0 radical (unpaired) electrons. The van der Waals surface area contributed by atoms with Crippen LogP contribution >= 0.6 is 0 Å². The number of carbonyl (C=O) groups is 5. The van der Waals surface area contributed by atoms with Crippen LogP contribution in [-0.2, 0) is 32.2 Å². The molecule has 0 saturated carbocycles. The van der Waals surface area contributed by atoms with Crippen molar-refractivity contribution in [1.29, 1.82) is 0 Å². The van der Waals surface area contributed by atoms with Crippen LogP contribution in [0.1, 0.15) is 54.5 Å². The Balaban J connectivity index is 0.000000936. The number of amides is 5. The van der Waals surface area contributed by atoms with E-state index in [-0.39, 0.29) is 27.7 Å². The van der Waals surface area contributed by atoms with Gasteiger partial charge in [-0.1, -0.05) is 18.7 Å². The number of ether oxygens (including phenoxy) is 1. The summed E-state index contributed by atoms with van der Waals surface area (Å²) in [5.74, 6) is -1.75. The normalized spacial score (nSPS) is 16.7. The number of likely N-dealkylation sites (N-methyl/N-ethyl adjacent to an activating group) is 1. The van der Waals surface area contributed by atoms with Crippen molar-refractivity contribution in [3.63, 3.8) is 0 Å². The van der Waals surface area contributed by atoms with Crippen LogP contribution in [0.2, 0.25) is 0 Å². The van der Waals surface area contributed by atoms with Gasteiger partial charge in [0.2, 0.25) is 17.7 Å². The fourth-order valence-electron chi connectivity index (χ4n) is 4.40. The molecule has 2 heterocycles. The zero-order chi connectivity index (χ0) is 30.2. The average Bonchev–Trinajstić information content (AvgIpc) is 3.53. The minimum atomic E-state index is -1.07. The molecule has 1 aromatic rings. The second kappa shape index (κ2) is 13.8. The third kappa shape index (κ3) is 8.68. The molecule has 40 heavy (non-hydrogen) atoms. The molecule has 12 nitrogen and oxygen atoms in total. The van der Waals surface area contributed by atoms with Crippen molar-refractivity contribution in [2.24, 2.45) is 5.73 Å². The number of benzene rings is 1. The zero-order valence-electron chi connectivity index (χ0n) is 23.3. The van der Waals surface area contributed by atoms with Gasteiger partial charge in [-0.15, -0.1) is 0 Å². The van der Waals surface area contributed by atoms with Gasteiger partial charge in [0.15, 0.2) is 0 Å². The molecule has 2 atom stereocenters. The van der Waals surface area contributed by atoms with Crippen molar-refractivity contribution in [2.75, 3.05) is 19.6 Å². The first-order chi connectivity index (χ1) is 18.7. The van der Waals surface area contributed by atoms with Crippen LogP contribution in [-0.4, -0.2) is 87.0 Å². The molecule has 5 amide bonds. The van der Waals surface area contributed by atoms with Gasteiger partial charge in [0.1, 0.15) is 23.5 Å². The van der Waals surface area contributed by atoms with Gasteiger partial charge in [-0.3, -0.25) is 19.3 Å². The number of nitrogens with zero attached hydrogens (tertiary/aromatic N) is 3. The van der Waals surface area contributed by atoms with Crippen LogP contribution in [0.25, 0.3) is 0 Å². The minimum absolute atomic E-state index is 0. The molecule has 3 rings (SSSR count). The van der Waals surface area contributed by atoms with E-state index in [0.717, 1.165) is 11.6 Å². The molecule has 0 aliphatic carbocycles. The van der Waals surface area contributed by atoms with E-state index in [0.29, 0.717) is 38.0 Å². The zero-order valence-corrected chi connectivity index (χ0v) is 23.3. The summed E-state index contributed by atoms with van der Waals surface area (Å²) in [6.07, 6.45) is 0.472. The summed E-state index contributed by atoms with van der Waals surface area (Å²) in [6.45, 7) is 11.4. The van der Waals surface area contributed by atoms with Crippen LogP contribution in [0.4, 0.5) is 14.0 Å². The molecule has 1 fully saturated rings. The third-order valence-electron chi connectivity index (χ3n) is 6.32. The van der Waals surface area contributed by atoms with E-state index in [1.54, 1.807) is 39.8 Å². The molecule has 1 unspecified atom stereocenters. The Hall–Kier alpha value is -4.16. The SMILES string of the molecule is C=CC(=O)N(CC)C[C@H](NC(=O)OC(C)(C)C)C(=O)N1CCCC1C(N)=O.O=C(O)N1Cc2cccc(F)c2C1.[HH].[HH]. The smallest absolute Gasteiger partial charge is 0.408 e. The summed E-state index contributed by atoms with van der Waals surface area (Å²) in [7, 11) is 0. The molecule has 13 heteroatoms. The van der Waals surface area contributed by atoms with Gasteiger partial charge in [-0.25, -0.2) is 14.0 Å². The number of hydrogen-bond donors (Lipinski definition) is 3. The number of primary amides is 1. The molecule has 1 saturated heterocycles. The summed E-state index contributed by atoms with van der Waals surface area (Å²) >= 11 is 0. The van der Waals surface area contributed by atoms with Crippen LogP contribution < -0.4 is 11.1 Å². The van der Waals surface area contributed by atoms with Gasteiger partial charge in [-0.05, 0) is 58.2 Å². The highest BCUT2D eigenvalue weighted by Crippen LogP contribution is 2.24. The van der Waals surface area contributed by atoms with Crippen LogP contribution in [0.15, 0.2) is 30.9 Å². The average molecular weight is 568 g/mol. The maximum absolute atomic E-state index is 13.1. The first-order valence-electron chi connectivity index (χ1n) is 12.9. The van der Waals surface area contributed by atoms with Crippen molar-refractivity contribution >= 4 is 29.9 Å². The van der Waals surface area contributed by atoms with Gasteiger partial charge in [0.25, 0.3) is 0 Å². The van der Waals surface area contributed by atoms with Crippen molar-refractivity contribution < 1.29 is 41.1 Å². The lowest BCUT2D eigenvalue weighted by Gasteiger charge is -2.31. The summed E-state index contributed by atoms with van der Waals surface area (Å²) in [5, 5.41) is 11.2. The maximum atomic E-state index is 13.1. The molecule has 0 bridgehead atoms. The third-order valence-corrected chi connectivity index (χ3v) is 6.32. The van der Waals surface area contributed by atoms with Gasteiger partial charge in [0.05, 0.1) is 13.1 Å². The molecule has 2 aliphatic heterocycles. The number of carbonyl (C=O) groups excluding carboxylic acids is 4. The van der Waals surface area contributed by atoms with Gasteiger partial charge >= 0.3 is 12.2 Å². The fourth-order valence-corrected chi connectivity index (χ4v) is 4.40. The molecular weight excluding hydrogens is 525 g/mol. The minimum Gasteiger partial charge on any atom is -0.465 e. The van der Waals surface area contributed by atoms with Crippen molar-refractivity contribution in [3.8, 4) is 0 Å². The molecule has 1 aromatic carbocycles. The maximum Gasteiger partial charge on any atom is 0.408 e.